The third-order valence-corrected chi connectivity index (χ3v) is 1.71. The minimum Gasteiger partial charge on any atom is -0.300 e. The molecule has 0 aromatic heterocycles. The minimum absolute atomic E-state index is 0.0891. The van der Waals surface area contributed by atoms with Gasteiger partial charge in [0.1, 0.15) is 0 Å². The van der Waals surface area contributed by atoms with E-state index in [2.05, 4.69) is 4.72 Å². The Morgan fingerprint density at radius 2 is 1.80 bits per heavy atom. The molecule has 0 rings (SSSR count). The Bertz CT molecular complexity index is 112. The van der Waals surface area contributed by atoms with Crippen LogP contribution >= 0.6 is 11.9 Å². The van der Waals surface area contributed by atoms with Gasteiger partial charge in [0.25, 0.3) is 0 Å². The Morgan fingerprint density at radius 1 is 1.30 bits per heavy atom. The van der Waals surface area contributed by atoms with E-state index in [1.54, 1.807) is 0 Å². The second-order valence-electron chi connectivity index (χ2n) is 2.79. The fraction of sp³-hybridized carbons (Fsp3) is 0.857. The van der Waals surface area contributed by atoms with Crippen LogP contribution in [0.1, 0.15) is 27.7 Å². The summed E-state index contributed by atoms with van der Waals surface area (Å²) >= 11 is 1.47. The molecule has 0 saturated heterocycles. The first-order valence-corrected chi connectivity index (χ1v) is 4.37. The van der Waals surface area contributed by atoms with Crippen LogP contribution < -0.4 is 4.72 Å². The average Bonchev–Trinajstić information content (AvgIpc) is 1.82. The predicted molar refractivity (Wildman–Crippen MR) is 45.7 cm³/mol. The molecule has 0 aliphatic heterocycles. The molecular formula is C7H15NOS. The molecule has 0 aromatic rings. The van der Waals surface area contributed by atoms with Crippen molar-refractivity contribution in [3.63, 3.8) is 0 Å². The summed E-state index contributed by atoms with van der Waals surface area (Å²) in [5, 5.41) is 0.461. The lowest BCUT2D eigenvalue weighted by Gasteiger charge is -2.07. The number of nitrogens with one attached hydrogen (secondary N) is 1. The van der Waals surface area contributed by atoms with Gasteiger partial charge in [-0.25, -0.2) is 0 Å². The summed E-state index contributed by atoms with van der Waals surface area (Å²) in [7, 11) is 0. The molecule has 3 heteroatoms. The zero-order chi connectivity index (χ0) is 8.15. The summed E-state index contributed by atoms with van der Waals surface area (Å²) < 4.78 is 2.76. The van der Waals surface area contributed by atoms with Crippen molar-refractivity contribution < 1.29 is 4.79 Å². The van der Waals surface area contributed by atoms with Gasteiger partial charge in [-0.15, -0.1) is 0 Å². The van der Waals surface area contributed by atoms with Crippen LogP contribution in [0.5, 0.6) is 0 Å². The average molecular weight is 161 g/mol. The van der Waals surface area contributed by atoms with E-state index in [1.165, 1.54) is 11.9 Å². The van der Waals surface area contributed by atoms with Gasteiger partial charge >= 0.3 is 0 Å². The maximum atomic E-state index is 10.9. The van der Waals surface area contributed by atoms with Crippen LogP contribution in [0.3, 0.4) is 0 Å². The Kier molecular flexibility index (Phi) is 4.52. The lowest BCUT2D eigenvalue weighted by atomic mass is 10.2. The van der Waals surface area contributed by atoms with E-state index < -0.39 is 0 Å². The summed E-state index contributed by atoms with van der Waals surface area (Å²) in [5.74, 6) is 0.199. The van der Waals surface area contributed by atoms with E-state index in [-0.39, 0.29) is 11.8 Å². The zero-order valence-electron chi connectivity index (χ0n) is 6.97. The van der Waals surface area contributed by atoms with E-state index in [1.807, 2.05) is 27.7 Å². The Hall–Kier alpha value is -0.180. The van der Waals surface area contributed by atoms with Crippen LogP contribution in [-0.4, -0.2) is 11.2 Å². The molecule has 0 unspecified atom stereocenters. The smallest absolute Gasteiger partial charge is 0.232 e. The highest BCUT2D eigenvalue weighted by Gasteiger charge is 2.06. The van der Waals surface area contributed by atoms with E-state index in [0.29, 0.717) is 5.25 Å². The zero-order valence-corrected chi connectivity index (χ0v) is 7.79. The van der Waals surface area contributed by atoms with Gasteiger partial charge in [-0.1, -0.05) is 27.7 Å². The van der Waals surface area contributed by atoms with Crippen LogP contribution in [0.25, 0.3) is 0 Å². The van der Waals surface area contributed by atoms with E-state index in [9.17, 15) is 4.79 Å². The minimum atomic E-state index is 0.0891. The normalized spacial score (nSPS) is 10.6. The molecular weight excluding hydrogens is 146 g/mol. The van der Waals surface area contributed by atoms with Crippen molar-refractivity contribution in [1.82, 2.24) is 4.72 Å². The van der Waals surface area contributed by atoms with Crippen molar-refractivity contribution >= 4 is 17.9 Å². The molecule has 0 spiro atoms. The number of hydrogen-bond acceptors (Lipinski definition) is 2. The van der Waals surface area contributed by atoms with Crippen LogP contribution in [0.15, 0.2) is 0 Å². The van der Waals surface area contributed by atoms with E-state index in [0.717, 1.165) is 0 Å². The second-order valence-corrected chi connectivity index (χ2v) is 4.17. The first-order chi connectivity index (χ1) is 4.54. The highest BCUT2D eigenvalue weighted by Crippen LogP contribution is 2.04. The fourth-order valence-electron chi connectivity index (χ4n) is 0.294. The third-order valence-electron chi connectivity index (χ3n) is 0.920. The van der Waals surface area contributed by atoms with Gasteiger partial charge < -0.3 is 0 Å². The van der Waals surface area contributed by atoms with Gasteiger partial charge in [-0.2, -0.15) is 0 Å². The number of carbonyl (C=O) groups is 1. The largest absolute Gasteiger partial charge is 0.300 e. The molecule has 60 valence electrons. The molecule has 1 N–H and O–H groups in total. The number of amides is 1. The molecule has 10 heavy (non-hydrogen) atoms. The van der Waals surface area contributed by atoms with Crippen molar-refractivity contribution in [1.29, 1.82) is 0 Å². The Labute approximate surface area is 66.9 Å². The molecule has 0 saturated carbocycles. The summed E-state index contributed by atoms with van der Waals surface area (Å²) in [6, 6.07) is 0. The highest BCUT2D eigenvalue weighted by molar-refractivity contribution is 7.98. The SMILES string of the molecule is CC(C)SNC(=O)C(C)C. The molecule has 0 radical (unpaired) electrons. The summed E-state index contributed by atoms with van der Waals surface area (Å²) in [6.45, 7) is 7.86. The van der Waals surface area contributed by atoms with E-state index >= 15 is 0 Å². The first-order valence-electron chi connectivity index (χ1n) is 3.49. The van der Waals surface area contributed by atoms with Gasteiger partial charge in [0, 0.05) is 11.2 Å². The van der Waals surface area contributed by atoms with Crippen LogP contribution in [-0.2, 0) is 4.79 Å². The van der Waals surface area contributed by atoms with Crippen molar-refractivity contribution in [2.75, 3.05) is 0 Å². The van der Waals surface area contributed by atoms with Gasteiger partial charge in [0.2, 0.25) is 5.91 Å². The maximum absolute atomic E-state index is 10.9. The maximum Gasteiger partial charge on any atom is 0.232 e. The molecule has 0 atom stereocenters. The molecule has 0 fully saturated rings. The van der Waals surface area contributed by atoms with E-state index in [4.69, 9.17) is 0 Å². The number of hydrogen-bond donors (Lipinski definition) is 1. The van der Waals surface area contributed by atoms with Crippen molar-refractivity contribution in [3.8, 4) is 0 Å². The molecule has 0 heterocycles. The van der Waals surface area contributed by atoms with Crippen molar-refractivity contribution in [3.05, 3.63) is 0 Å². The molecule has 0 aliphatic rings. The number of rotatable bonds is 3. The summed E-state index contributed by atoms with van der Waals surface area (Å²) in [4.78, 5) is 10.9. The topological polar surface area (TPSA) is 29.1 Å². The Balaban J connectivity index is 3.40. The third kappa shape index (κ3) is 4.68. The van der Waals surface area contributed by atoms with Crippen LogP contribution in [0.4, 0.5) is 0 Å². The standard InChI is InChI=1S/C7H15NOS/c1-5(2)7(9)8-10-6(3)4/h5-6H,1-4H3,(H,8,9). The van der Waals surface area contributed by atoms with Gasteiger partial charge in [0.15, 0.2) is 0 Å². The summed E-state index contributed by atoms with van der Waals surface area (Å²) in [5.41, 5.74) is 0. The van der Waals surface area contributed by atoms with Gasteiger partial charge in [-0.05, 0) is 11.9 Å². The lowest BCUT2D eigenvalue weighted by molar-refractivity contribution is -0.122. The molecule has 2 nitrogen and oxygen atoms in total. The first kappa shape index (κ1) is 9.82. The van der Waals surface area contributed by atoms with Crippen molar-refractivity contribution in [2.45, 2.75) is 32.9 Å². The Morgan fingerprint density at radius 3 is 2.10 bits per heavy atom. The fourth-order valence-corrected chi connectivity index (χ4v) is 0.881. The van der Waals surface area contributed by atoms with Gasteiger partial charge in [-0.3, -0.25) is 9.52 Å². The van der Waals surface area contributed by atoms with Crippen LogP contribution in [0, 0.1) is 5.92 Å². The molecule has 1 amide bonds. The molecule has 0 bridgehead atoms. The van der Waals surface area contributed by atoms with Crippen molar-refractivity contribution in [2.24, 2.45) is 5.92 Å². The lowest BCUT2D eigenvalue weighted by Crippen LogP contribution is -2.22. The summed E-state index contributed by atoms with van der Waals surface area (Å²) in [6.07, 6.45) is 0. The molecule has 0 aromatic carbocycles. The van der Waals surface area contributed by atoms with Crippen LogP contribution in [0.2, 0.25) is 0 Å². The monoisotopic (exact) mass is 161 g/mol. The molecule has 0 aliphatic carbocycles. The number of carbonyl (C=O) groups excluding carboxylic acids is 1. The highest BCUT2D eigenvalue weighted by atomic mass is 32.2. The quantitative estimate of drug-likeness (QED) is 0.640. The predicted octanol–water partition coefficient (Wildman–Crippen LogP) is 1.82. The second kappa shape index (κ2) is 4.61. The van der Waals surface area contributed by atoms with Gasteiger partial charge in [0.05, 0.1) is 0 Å².